The SMILES string of the molecule is Cc1ccc(C2(O)CC(C)CCC2C(C)C)cc1Cl. The third kappa shape index (κ3) is 2.83. The van der Waals surface area contributed by atoms with Crippen molar-refractivity contribution >= 4 is 11.6 Å². The van der Waals surface area contributed by atoms with Crippen molar-refractivity contribution in [1.82, 2.24) is 0 Å². The largest absolute Gasteiger partial charge is 0.385 e. The predicted octanol–water partition coefficient (Wildman–Crippen LogP) is 4.93. The molecule has 106 valence electrons. The maximum Gasteiger partial charge on any atom is 0.0930 e. The maximum absolute atomic E-state index is 11.3. The molecule has 19 heavy (non-hydrogen) atoms. The Morgan fingerprint density at radius 1 is 1.32 bits per heavy atom. The summed E-state index contributed by atoms with van der Waals surface area (Å²) in [5.41, 5.74) is 1.34. The van der Waals surface area contributed by atoms with Crippen molar-refractivity contribution < 1.29 is 5.11 Å². The van der Waals surface area contributed by atoms with Gasteiger partial charge in [0, 0.05) is 5.02 Å². The molecule has 0 saturated heterocycles. The Hall–Kier alpha value is -0.530. The molecule has 0 radical (unpaired) electrons. The van der Waals surface area contributed by atoms with E-state index in [0.717, 1.165) is 29.0 Å². The van der Waals surface area contributed by atoms with Crippen LogP contribution in [0.1, 0.15) is 51.2 Å². The van der Waals surface area contributed by atoms with Crippen molar-refractivity contribution in [3.05, 3.63) is 34.3 Å². The van der Waals surface area contributed by atoms with Crippen molar-refractivity contribution in [2.24, 2.45) is 17.8 Å². The first-order valence-electron chi connectivity index (χ1n) is 7.33. The highest BCUT2D eigenvalue weighted by Gasteiger charge is 2.44. The lowest BCUT2D eigenvalue weighted by Gasteiger charge is -2.45. The molecule has 1 fully saturated rings. The van der Waals surface area contributed by atoms with Crippen LogP contribution in [0.2, 0.25) is 5.02 Å². The molecule has 1 aromatic rings. The van der Waals surface area contributed by atoms with E-state index in [2.05, 4.69) is 26.8 Å². The van der Waals surface area contributed by atoms with Crippen LogP contribution in [0.3, 0.4) is 0 Å². The zero-order valence-corrected chi connectivity index (χ0v) is 13.2. The number of hydrogen-bond donors (Lipinski definition) is 1. The van der Waals surface area contributed by atoms with Gasteiger partial charge in [0.2, 0.25) is 0 Å². The van der Waals surface area contributed by atoms with E-state index in [-0.39, 0.29) is 0 Å². The van der Waals surface area contributed by atoms with Crippen LogP contribution < -0.4 is 0 Å². The summed E-state index contributed by atoms with van der Waals surface area (Å²) in [4.78, 5) is 0. The first kappa shape index (κ1) is 14.9. The second-order valence-electron chi connectivity index (χ2n) is 6.63. The summed E-state index contributed by atoms with van der Waals surface area (Å²) < 4.78 is 0. The molecule has 0 amide bonds. The van der Waals surface area contributed by atoms with E-state index in [1.807, 2.05) is 19.1 Å². The number of aryl methyl sites for hydroxylation is 1. The fraction of sp³-hybridized carbons (Fsp3) is 0.647. The fourth-order valence-corrected chi connectivity index (χ4v) is 3.75. The van der Waals surface area contributed by atoms with Crippen molar-refractivity contribution in [2.75, 3.05) is 0 Å². The van der Waals surface area contributed by atoms with Gasteiger partial charge >= 0.3 is 0 Å². The molecule has 0 bridgehead atoms. The van der Waals surface area contributed by atoms with Crippen LogP contribution >= 0.6 is 11.6 Å². The highest BCUT2D eigenvalue weighted by Crippen LogP contribution is 2.47. The van der Waals surface area contributed by atoms with Gasteiger partial charge < -0.3 is 5.11 Å². The number of halogens is 1. The zero-order valence-electron chi connectivity index (χ0n) is 12.4. The minimum atomic E-state index is -0.719. The molecule has 0 aromatic heterocycles. The average molecular weight is 281 g/mol. The molecule has 0 heterocycles. The molecule has 2 rings (SSSR count). The van der Waals surface area contributed by atoms with Crippen LogP contribution in [-0.4, -0.2) is 5.11 Å². The Morgan fingerprint density at radius 3 is 2.58 bits per heavy atom. The quantitative estimate of drug-likeness (QED) is 0.814. The number of aliphatic hydroxyl groups is 1. The molecule has 1 nitrogen and oxygen atoms in total. The molecule has 0 aliphatic heterocycles. The molecule has 3 unspecified atom stereocenters. The standard InChI is InChI=1S/C17H25ClO/c1-11(2)15-8-5-12(3)10-17(15,19)14-7-6-13(4)16(18)9-14/h6-7,9,11-12,15,19H,5,8,10H2,1-4H3. The van der Waals surface area contributed by atoms with Crippen molar-refractivity contribution in [3.8, 4) is 0 Å². The maximum atomic E-state index is 11.3. The third-order valence-corrected chi connectivity index (χ3v) is 5.13. The molecular formula is C17H25ClO. The van der Waals surface area contributed by atoms with Crippen molar-refractivity contribution in [3.63, 3.8) is 0 Å². The fourth-order valence-electron chi connectivity index (χ4n) is 3.57. The topological polar surface area (TPSA) is 20.2 Å². The highest BCUT2D eigenvalue weighted by atomic mass is 35.5. The van der Waals surface area contributed by atoms with Gasteiger partial charge in [-0.3, -0.25) is 0 Å². The van der Waals surface area contributed by atoms with Crippen molar-refractivity contribution in [2.45, 2.75) is 52.6 Å². The van der Waals surface area contributed by atoms with E-state index in [1.54, 1.807) is 0 Å². The minimum absolute atomic E-state index is 0.322. The van der Waals surface area contributed by atoms with E-state index >= 15 is 0 Å². The van der Waals surface area contributed by atoms with E-state index < -0.39 is 5.60 Å². The Labute approximate surface area is 122 Å². The second kappa shape index (κ2) is 5.46. The third-order valence-electron chi connectivity index (χ3n) is 4.72. The summed E-state index contributed by atoms with van der Waals surface area (Å²) in [6.45, 7) is 8.65. The van der Waals surface area contributed by atoms with Crippen LogP contribution in [0.15, 0.2) is 18.2 Å². The van der Waals surface area contributed by atoms with E-state index in [4.69, 9.17) is 11.6 Å². The smallest absolute Gasteiger partial charge is 0.0930 e. The van der Waals surface area contributed by atoms with Crippen molar-refractivity contribution in [1.29, 1.82) is 0 Å². The summed E-state index contributed by atoms with van der Waals surface area (Å²) in [7, 11) is 0. The molecule has 3 atom stereocenters. The number of benzene rings is 1. The monoisotopic (exact) mass is 280 g/mol. The van der Waals surface area contributed by atoms with Gasteiger partial charge in [-0.15, -0.1) is 0 Å². The summed E-state index contributed by atoms with van der Waals surface area (Å²) in [6.07, 6.45) is 3.15. The van der Waals surface area contributed by atoms with E-state index in [1.165, 1.54) is 6.42 Å². The van der Waals surface area contributed by atoms with Gasteiger partial charge in [-0.2, -0.15) is 0 Å². The van der Waals surface area contributed by atoms with Gasteiger partial charge in [-0.25, -0.2) is 0 Å². The van der Waals surface area contributed by atoms with Gasteiger partial charge in [-0.05, 0) is 54.7 Å². The molecule has 0 spiro atoms. The molecule has 1 aliphatic carbocycles. The van der Waals surface area contributed by atoms with Gasteiger partial charge in [0.05, 0.1) is 5.60 Å². The summed E-state index contributed by atoms with van der Waals surface area (Å²) >= 11 is 6.25. The predicted molar refractivity (Wildman–Crippen MR) is 81.4 cm³/mol. The Morgan fingerprint density at radius 2 is 2.00 bits per heavy atom. The van der Waals surface area contributed by atoms with Gasteiger partial charge in [0.15, 0.2) is 0 Å². The molecule has 1 N–H and O–H groups in total. The lowest BCUT2D eigenvalue weighted by molar-refractivity contribution is -0.0865. The Bertz CT molecular complexity index is 455. The average Bonchev–Trinajstić information content (AvgIpc) is 2.31. The van der Waals surface area contributed by atoms with Crippen LogP contribution in [0, 0.1) is 24.7 Å². The Kier molecular flexibility index (Phi) is 4.27. The molecular weight excluding hydrogens is 256 g/mol. The summed E-state index contributed by atoms with van der Waals surface area (Å²) in [5.74, 6) is 1.38. The molecule has 2 heteroatoms. The zero-order chi connectivity index (χ0) is 14.2. The first-order chi connectivity index (χ1) is 8.84. The molecule has 1 aliphatic rings. The summed E-state index contributed by atoms with van der Waals surface area (Å²) in [5, 5.41) is 12.1. The normalized spacial score (nSPS) is 31.7. The lowest BCUT2D eigenvalue weighted by atomic mass is 9.64. The van der Waals surface area contributed by atoms with Gasteiger partial charge in [0.1, 0.15) is 0 Å². The molecule has 1 aromatic carbocycles. The van der Waals surface area contributed by atoms with Gasteiger partial charge in [0.25, 0.3) is 0 Å². The van der Waals surface area contributed by atoms with E-state index in [0.29, 0.717) is 17.8 Å². The highest BCUT2D eigenvalue weighted by molar-refractivity contribution is 6.31. The minimum Gasteiger partial charge on any atom is -0.385 e. The van der Waals surface area contributed by atoms with Crippen LogP contribution in [0.5, 0.6) is 0 Å². The van der Waals surface area contributed by atoms with Crippen LogP contribution in [0.25, 0.3) is 0 Å². The molecule has 1 saturated carbocycles. The van der Waals surface area contributed by atoms with Crippen LogP contribution in [0.4, 0.5) is 0 Å². The van der Waals surface area contributed by atoms with Gasteiger partial charge in [-0.1, -0.05) is 50.9 Å². The Balaban J connectivity index is 2.43. The first-order valence-corrected chi connectivity index (χ1v) is 7.71. The second-order valence-corrected chi connectivity index (χ2v) is 7.03. The van der Waals surface area contributed by atoms with E-state index in [9.17, 15) is 5.11 Å². The number of rotatable bonds is 2. The number of hydrogen-bond acceptors (Lipinski definition) is 1. The lowest BCUT2D eigenvalue weighted by Crippen LogP contribution is -2.43. The summed E-state index contributed by atoms with van der Waals surface area (Å²) in [6, 6.07) is 6.03. The van der Waals surface area contributed by atoms with Crippen LogP contribution in [-0.2, 0) is 5.60 Å².